The maximum Gasteiger partial charge on any atom is 0.262 e. The first-order valence-electron chi connectivity index (χ1n) is 10.3. The van der Waals surface area contributed by atoms with E-state index in [1.807, 2.05) is 18.2 Å². The molecule has 2 aromatic carbocycles. The van der Waals surface area contributed by atoms with Gasteiger partial charge in [-0.2, -0.15) is 11.8 Å². The molecule has 0 aliphatic carbocycles. The molecular weight excluding hydrogens is 414 g/mol. The molecule has 1 heterocycles. The Bertz CT molecular complexity index is 1110. The van der Waals surface area contributed by atoms with Gasteiger partial charge in [0.1, 0.15) is 0 Å². The van der Waals surface area contributed by atoms with Crippen LogP contribution in [0, 0.1) is 4.77 Å². The van der Waals surface area contributed by atoms with Crippen LogP contribution in [0.1, 0.15) is 42.1 Å². The average Bonchev–Trinajstić information content (AvgIpc) is 2.76. The fourth-order valence-corrected chi connectivity index (χ4v) is 4.32. The number of fused-ring (bicyclic) bond motifs is 1. The molecule has 0 bridgehead atoms. The van der Waals surface area contributed by atoms with Crippen LogP contribution in [0.4, 0.5) is 0 Å². The van der Waals surface area contributed by atoms with E-state index in [1.165, 1.54) is 5.56 Å². The highest BCUT2D eigenvalue weighted by molar-refractivity contribution is 7.98. The molecule has 0 radical (unpaired) electrons. The first-order valence-corrected chi connectivity index (χ1v) is 11.8. The zero-order valence-electron chi connectivity index (χ0n) is 17.1. The SMILES string of the molecule is CCCCCn1c(=S)[nH]c2cc(C(=O)NCCSCc3ccccc3)ccc2c1=O. The van der Waals surface area contributed by atoms with E-state index in [1.54, 1.807) is 34.5 Å². The van der Waals surface area contributed by atoms with Crippen LogP contribution in [0.15, 0.2) is 53.3 Å². The number of unbranched alkanes of at least 4 members (excludes halogenated alkanes) is 2. The maximum atomic E-state index is 12.8. The third-order valence-electron chi connectivity index (χ3n) is 4.87. The number of aromatic amines is 1. The maximum absolute atomic E-state index is 12.8. The summed E-state index contributed by atoms with van der Waals surface area (Å²) in [4.78, 5) is 28.4. The van der Waals surface area contributed by atoms with Gasteiger partial charge in [0, 0.05) is 30.2 Å². The van der Waals surface area contributed by atoms with Gasteiger partial charge in [0.25, 0.3) is 11.5 Å². The van der Waals surface area contributed by atoms with Crippen LogP contribution < -0.4 is 10.9 Å². The lowest BCUT2D eigenvalue weighted by Crippen LogP contribution is -2.26. The number of H-pyrrole nitrogens is 1. The van der Waals surface area contributed by atoms with Crippen molar-refractivity contribution in [2.24, 2.45) is 0 Å². The lowest BCUT2D eigenvalue weighted by Gasteiger charge is -2.09. The van der Waals surface area contributed by atoms with Crippen molar-refractivity contribution in [3.05, 3.63) is 74.8 Å². The topological polar surface area (TPSA) is 66.9 Å². The second-order valence-electron chi connectivity index (χ2n) is 7.15. The third kappa shape index (κ3) is 5.83. The van der Waals surface area contributed by atoms with Crippen LogP contribution in [0.25, 0.3) is 10.9 Å². The quantitative estimate of drug-likeness (QED) is 0.346. The lowest BCUT2D eigenvalue weighted by molar-refractivity contribution is 0.0956. The predicted molar refractivity (Wildman–Crippen MR) is 128 cm³/mol. The number of carbonyl (C=O) groups excluding carboxylic acids is 1. The molecule has 0 saturated heterocycles. The van der Waals surface area contributed by atoms with Crippen molar-refractivity contribution in [1.29, 1.82) is 0 Å². The monoisotopic (exact) mass is 441 g/mol. The highest BCUT2D eigenvalue weighted by atomic mass is 32.2. The summed E-state index contributed by atoms with van der Waals surface area (Å²) < 4.78 is 2.01. The summed E-state index contributed by atoms with van der Waals surface area (Å²) in [5.41, 5.74) is 2.29. The molecule has 158 valence electrons. The minimum absolute atomic E-state index is 0.103. The molecule has 0 aliphatic rings. The van der Waals surface area contributed by atoms with Gasteiger partial charge >= 0.3 is 0 Å². The van der Waals surface area contributed by atoms with Crippen molar-refractivity contribution < 1.29 is 4.79 Å². The van der Waals surface area contributed by atoms with E-state index in [4.69, 9.17) is 12.2 Å². The van der Waals surface area contributed by atoms with Crippen LogP contribution >= 0.6 is 24.0 Å². The normalized spacial score (nSPS) is 11.0. The fraction of sp³-hybridized carbons (Fsp3) is 0.348. The Morgan fingerprint density at radius 1 is 1.17 bits per heavy atom. The molecule has 0 aliphatic heterocycles. The van der Waals surface area contributed by atoms with Crippen molar-refractivity contribution in [2.45, 2.75) is 38.5 Å². The van der Waals surface area contributed by atoms with Crippen LogP contribution in [-0.2, 0) is 12.3 Å². The van der Waals surface area contributed by atoms with Crippen molar-refractivity contribution in [3.8, 4) is 0 Å². The molecule has 5 nitrogen and oxygen atoms in total. The summed E-state index contributed by atoms with van der Waals surface area (Å²) in [7, 11) is 0. The summed E-state index contributed by atoms with van der Waals surface area (Å²) in [6.45, 7) is 3.32. The van der Waals surface area contributed by atoms with Crippen LogP contribution in [0.2, 0.25) is 0 Å². The number of carbonyl (C=O) groups is 1. The number of thioether (sulfide) groups is 1. The molecule has 0 fully saturated rings. The Labute approximate surface area is 185 Å². The first kappa shape index (κ1) is 22.3. The molecule has 0 unspecified atom stereocenters. The van der Waals surface area contributed by atoms with E-state index in [0.717, 1.165) is 30.8 Å². The number of rotatable bonds is 10. The van der Waals surface area contributed by atoms with Gasteiger partial charge in [0.15, 0.2) is 4.77 Å². The summed E-state index contributed by atoms with van der Waals surface area (Å²) in [6.07, 6.45) is 3.06. The van der Waals surface area contributed by atoms with Crippen molar-refractivity contribution in [3.63, 3.8) is 0 Å². The van der Waals surface area contributed by atoms with Crippen molar-refractivity contribution >= 4 is 40.8 Å². The van der Waals surface area contributed by atoms with Crippen LogP contribution in [-0.4, -0.2) is 27.8 Å². The average molecular weight is 442 g/mol. The zero-order valence-corrected chi connectivity index (χ0v) is 18.8. The van der Waals surface area contributed by atoms with Gasteiger partial charge in [-0.25, -0.2) is 0 Å². The Kier molecular flexibility index (Phi) is 8.28. The Hall–Kier alpha value is -2.38. The van der Waals surface area contributed by atoms with Gasteiger partial charge in [-0.15, -0.1) is 0 Å². The zero-order chi connectivity index (χ0) is 21.3. The van der Waals surface area contributed by atoms with Gasteiger partial charge in [-0.1, -0.05) is 50.1 Å². The van der Waals surface area contributed by atoms with Gasteiger partial charge in [-0.3, -0.25) is 14.2 Å². The number of amides is 1. The molecule has 3 rings (SSSR count). The van der Waals surface area contributed by atoms with Crippen LogP contribution in [0.5, 0.6) is 0 Å². The van der Waals surface area contributed by atoms with Crippen molar-refractivity contribution in [2.75, 3.05) is 12.3 Å². The molecular formula is C23H27N3O2S2. The highest BCUT2D eigenvalue weighted by Gasteiger charge is 2.10. The van der Waals surface area contributed by atoms with E-state index >= 15 is 0 Å². The van der Waals surface area contributed by atoms with Crippen LogP contribution in [0.3, 0.4) is 0 Å². The summed E-state index contributed by atoms with van der Waals surface area (Å²) >= 11 is 7.15. The Morgan fingerprint density at radius 3 is 2.73 bits per heavy atom. The Morgan fingerprint density at radius 2 is 1.97 bits per heavy atom. The number of nitrogens with one attached hydrogen (secondary N) is 2. The minimum Gasteiger partial charge on any atom is -0.351 e. The van der Waals surface area contributed by atoms with Gasteiger partial charge in [-0.05, 0) is 42.4 Å². The number of hydrogen-bond donors (Lipinski definition) is 2. The highest BCUT2D eigenvalue weighted by Crippen LogP contribution is 2.13. The lowest BCUT2D eigenvalue weighted by atomic mass is 10.1. The molecule has 1 amide bonds. The van der Waals surface area contributed by atoms with Gasteiger partial charge in [0.2, 0.25) is 0 Å². The summed E-state index contributed by atoms with van der Waals surface area (Å²) in [5, 5.41) is 3.49. The van der Waals surface area contributed by atoms with Crippen molar-refractivity contribution in [1.82, 2.24) is 14.9 Å². The van der Waals surface area contributed by atoms with E-state index in [-0.39, 0.29) is 11.5 Å². The largest absolute Gasteiger partial charge is 0.351 e. The molecule has 3 aromatic rings. The second-order valence-corrected chi connectivity index (χ2v) is 8.64. The van der Waals surface area contributed by atoms with E-state index in [9.17, 15) is 9.59 Å². The summed E-state index contributed by atoms with van der Waals surface area (Å²) in [5.74, 6) is 1.61. The Balaban J connectivity index is 1.60. The standard InChI is InChI=1S/C23H27N3O2S2/c1-2-3-7-13-26-22(28)19-11-10-18(15-20(19)25-23(26)29)21(27)24-12-14-30-16-17-8-5-4-6-9-17/h4-6,8-11,15H,2-3,7,12-14,16H2,1H3,(H,24,27)(H,25,29). The first-order chi connectivity index (χ1) is 14.6. The number of aromatic nitrogens is 2. The second kappa shape index (κ2) is 11.1. The molecule has 0 atom stereocenters. The predicted octanol–water partition coefficient (Wildman–Crippen LogP) is 4.91. The fourth-order valence-electron chi connectivity index (χ4n) is 3.22. The van der Waals surface area contributed by atoms with Gasteiger partial charge < -0.3 is 10.3 Å². The summed E-state index contributed by atoms with van der Waals surface area (Å²) in [6, 6.07) is 15.4. The van der Waals surface area contributed by atoms with E-state index < -0.39 is 0 Å². The molecule has 2 N–H and O–H groups in total. The number of nitrogens with zero attached hydrogens (tertiary/aromatic N) is 1. The number of benzene rings is 2. The minimum atomic E-state index is -0.149. The molecule has 7 heteroatoms. The van der Waals surface area contributed by atoms with E-state index in [2.05, 4.69) is 29.4 Å². The molecule has 1 aromatic heterocycles. The molecule has 0 saturated carbocycles. The molecule has 0 spiro atoms. The number of hydrogen-bond acceptors (Lipinski definition) is 4. The third-order valence-corrected chi connectivity index (χ3v) is 6.23. The molecule has 30 heavy (non-hydrogen) atoms. The smallest absolute Gasteiger partial charge is 0.262 e. The van der Waals surface area contributed by atoms with E-state index in [0.29, 0.717) is 34.3 Å². The van der Waals surface area contributed by atoms with Gasteiger partial charge in [0.05, 0.1) is 10.9 Å².